The number of benzene rings is 2. The number of carbonyl (C=O) groups excluding carboxylic acids is 2. The van der Waals surface area contributed by atoms with E-state index in [-0.39, 0.29) is 5.91 Å². The van der Waals surface area contributed by atoms with Gasteiger partial charge in [0.15, 0.2) is 0 Å². The van der Waals surface area contributed by atoms with Gasteiger partial charge in [0.05, 0.1) is 17.7 Å². The number of nitrogens with zero attached hydrogens (tertiary/aromatic N) is 4. The van der Waals surface area contributed by atoms with Crippen LogP contribution in [-0.4, -0.2) is 22.5 Å². The number of carbonyl (C=O) groups is 2. The molecular weight excluding hydrogens is 410 g/mol. The predicted octanol–water partition coefficient (Wildman–Crippen LogP) is 3.56. The minimum absolute atomic E-state index is 0.332. The number of hydrogen-bond donors (Lipinski definition) is 1. The van der Waals surface area contributed by atoms with Crippen molar-refractivity contribution in [2.75, 3.05) is 5.01 Å². The second-order valence-corrected chi connectivity index (χ2v) is 8.03. The van der Waals surface area contributed by atoms with Gasteiger partial charge >= 0.3 is 0 Å². The maximum absolute atomic E-state index is 13.4. The molecule has 1 aliphatic rings. The Bertz CT molecular complexity index is 1180. The molecule has 0 bridgehead atoms. The summed E-state index contributed by atoms with van der Waals surface area (Å²) in [5.74, 6) is -3.79. The minimum Gasteiger partial charge on any atom is -0.369 e. The summed E-state index contributed by atoms with van der Waals surface area (Å²) in [6.45, 7) is 1.72. The molecule has 7 nitrogen and oxygen atoms in total. The first kappa shape index (κ1) is 20.4. The Balaban J connectivity index is 1.70. The van der Waals surface area contributed by atoms with E-state index in [1.165, 1.54) is 16.3 Å². The molecule has 0 fully saturated rings. The topological polar surface area (TPSA) is 112 Å². The molecule has 0 spiro atoms. The van der Waals surface area contributed by atoms with E-state index in [1.807, 2.05) is 47.8 Å². The van der Waals surface area contributed by atoms with Crippen molar-refractivity contribution in [1.82, 2.24) is 4.98 Å². The monoisotopic (exact) mass is 429 g/mol. The molecule has 1 aromatic heterocycles. The number of amides is 2. The second-order valence-electron chi connectivity index (χ2n) is 7.20. The predicted molar refractivity (Wildman–Crippen MR) is 119 cm³/mol. The fourth-order valence-electron chi connectivity index (χ4n) is 3.81. The van der Waals surface area contributed by atoms with Crippen molar-refractivity contribution < 1.29 is 9.59 Å². The zero-order valence-corrected chi connectivity index (χ0v) is 17.5. The molecule has 2 amide bonds. The molecule has 0 saturated heterocycles. The maximum atomic E-state index is 13.4. The Kier molecular flexibility index (Phi) is 5.60. The van der Waals surface area contributed by atoms with Gasteiger partial charge in [-0.25, -0.2) is 4.98 Å². The Morgan fingerprint density at radius 2 is 1.81 bits per heavy atom. The normalized spacial score (nSPS) is 17.7. The van der Waals surface area contributed by atoms with Crippen LogP contribution < -0.4 is 10.7 Å². The number of aromatic nitrogens is 1. The molecule has 1 aliphatic heterocycles. The number of rotatable bonds is 6. The van der Waals surface area contributed by atoms with Gasteiger partial charge in [-0.15, -0.1) is 11.3 Å². The lowest BCUT2D eigenvalue weighted by atomic mass is 9.75. The molecule has 2 heterocycles. The van der Waals surface area contributed by atoms with E-state index in [9.17, 15) is 14.9 Å². The standard InChI is InChI=1S/C23H19N5O2S/c1-14-19(20(17(12-24)21(25)29)16-10-6-3-7-11-16)22(30)28(27-14)23-26-18(13-31-23)15-8-4-2-5-9-15/h2-11,13,17,19-20H,1H3,(H2,25,29)/t17-,19-,20+/m0/s1. The van der Waals surface area contributed by atoms with Gasteiger partial charge in [-0.3, -0.25) is 9.59 Å². The van der Waals surface area contributed by atoms with Crippen molar-refractivity contribution in [3.63, 3.8) is 0 Å². The third kappa shape index (κ3) is 3.83. The molecule has 3 aromatic rings. The van der Waals surface area contributed by atoms with Gasteiger partial charge in [0.1, 0.15) is 5.92 Å². The Morgan fingerprint density at radius 3 is 2.42 bits per heavy atom. The molecular formula is C23H19N5O2S. The van der Waals surface area contributed by atoms with Crippen molar-refractivity contribution in [3.05, 3.63) is 71.6 Å². The van der Waals surface area contributed by atoms with Crippen molar-refractivity contribution in [3.8, 4) is 17.3 Å². The van der Waals surface area contributed by atoms with Crippen LogP contribution in [0.4, 0.5) is 5.13 Å². The number of nitriles is 1. The molecule has 31 heavy (non-hydrogen) atoms. The number of hydrogen-bond acceptors (Lipinski definition) is 6. The Labute approximate surface area is 183 Å². The van der Waals surface area contributed by atoms with E-state index in [0.29, 0.717) is 16.4 Å². The number of primary amides is 1. The Morgan fingerprint density at radius 1 is 1.16 bits per heavy atom. The van der Waals surface area contributed by atoms with Crippen LogP contribution in [0.25, 0.3) is 11.3 Å². The molecule has 154 valence electrons. The summed E-state index contributed by atoms with van der Waals surface area (Å²) in [4.78, 5) is 30.1. The highest BCUT2D eigenvalue weighted by molar-refractivity contribution is 7.14. The van der Waals surface area contributed by atoms with Crippen LogP contribution in [0.5, 0.6) is 0 Å². The third-order valence-corrected chi connectivity index (χ3v) is 6.09. The van der Waals surface area contributed by atoms with Crippen molar-refractivity contribution in [2.45, 2.75) is 12.8 Å². The first-order valence-corrected chi connectivity index (χ1v) is 10.5. The van der Waals surface area contributed by atoms with E-state index in [1.54, 1.807) is 31.2 Å². The van der Waals surface area contributed by atoms with Gasteiger partial charge in [0.2, 0.25) is 11.0 Å². The lowest BCUT2D eigenvalue weighted by Gasteiger charge is -2.25. The zero-order valence-electron chi connectivity index (χ0n) is 16.7. The van der Waals surface area contributed by atoms with E-state index >= 15 is 0 Å². The SMILES string of the molecule is CC1=NN(c2nc(-c3ccccc3)cs2)C(=O)[C@@H]1[C@H](c1ccccc1)[C@H](C#N)C(N)=O. The van der Waals surface area contributed by atoms with Gasteiger partial charge < -0.3 is 5.73 Å². The average molecular weight is 430 g/mol. The molecule has 4 rings (SSSR count). The Hall–Kier alpha value is -3.83. The van der Waals surface area contributed by atoms with Crippen molar-refractivity contribution >= 4 is 34.0 Å². The van der Waals surface area contributed by atoms with Crippen molar-refractivity contribution in [1.29, 1.82) is 5.26 Å². The van der Waals surface area contributed by atoms with Gasteiger partial charge in [0, 0.05) is 22.6 Å². The lowest BCUT2D eigenvalue weighted by molar-refractivity contribution is -0.123. The first-order valence-electron chi connectivity index (χ1n) is 9.65. The number of nitrogens with two attached hydrogens (primary N) is 1. The van der Waals surface area contributed by atoms with E-state index < -0.39 is 23.7 Å². The molecule has 8 heteroatoms. The van der Waals surface area contributed by atoms with Gasteiger partial charge in [-0.1, -0.05) is 60.7 Å². The highest BCUT2D eigenvalue weighted by Crippen LogP contribution is 2.39. The zero-order chi connectivity index (χ0) is 22.0. The van der Waals surface area contributed by atoms with E-state index in [0.717, 1.165) is 11.3 Å². The average Bonchev–Trinajstić information content (AvgIpc) is 3.38. The summed E-state index contributed by atoms with van der Waals surface area (Å²) in [7, 11) is 0. The van der Waals surface area contributed by atoms with Crippen LogP contribution in [-0.2, 0) is 9.59 Å². The molecule has 2 aromatic carbocycles. The number of anilines is 1. The molecule has 2 N–H and O–H groups in total. The van der Waals surface area contributed by atoms with Crippen LogP contribution in [0.3, 0.4) is 0 Å². The largest absolute Gasteiger partial charge is 0.369 e. The molecule has 3 atom stereocenters. The van der Waals surface area contributed by atoms with Crippen LogP contribution in [0.2, 0.25) is 0 Å². The van der Waals surface area contributed by atoms with E-state index in [4.69, 9.17) is 5.73 Å². The van der Waals surface area contributed by atoms with Gasteiger partial charge in [-0.05, 0) is 12.5 Å². The molecule has 0 aliphatic carbocycles. The highest BCUT2D eigenvalue weighted by Gasteiger charge is 2.46. The van der Waals surface area contributed by atoms with Crippen molar-refractivity contribution in [2.24, 2.45) is 22.7 Å². The summed E-state index contributed by atoms with van der Waals surface area (Å²) in [5.41, 5.74) is 8.40. The number of thiazole rings is 1. The van der Waals surface area contributed by atoms with Crippen LogP contribution in [0.15, 0.2) is 71.1 Å². The fourth-order valence-corrected chi connectivity index (χ4v) is 4.59. The summed E-state index contributed by atoms with van der Waals surface area (Å²) < 4.78 is 0. The van der Waals surface area contributed by atoms with Gasteiger partial charge in [-0.2, -0.15) is 15.4 Å². The quantitative estimate of drug-likeness (QED) is 0.645. The smallest absolute Gasteiger partial charge is 0.259 e. The molecule has 0 radical (unpaired) electrons. The third-order valence-electron chi connectivity index (χ3n) is 5.27. The summed E-state index contributed by atoms with van der Waals surface area (Å²) in [6.07, 6.45) is 0. The van der Waals surface area contributed by atoms with E-state index in [2.05, 4.69) is 10.1 Å². The highest BCUT2D eigenvalue weighted by atomic mass is 32.1. The molecule has 0 unspecified atom stereocenters. The number of hydrazone groups is 1. The second kappa shape index (κ2) is 8.50. The fraction of sp³-hybridized carbons (Fsp3) is 0.174. The first-order chi connectivity index (χ1) is 15.0. The van der Waals surface area contributed by atoms with Crippen LogP contribution in [0, 0.1) is 23.2 Å². The van der Waals surface area contributed by atoms with Gasteiger partial charge in [0.25, 0.3) is 5.91 Å². The summed E-state index contributed by atoms with van der Waals surface area (Å²) >= 11 is 1.31. The minimum atomic E-state index is -1.17. The lowest BCUT2D eigenvalue weighted by Crippen LogP contribution is -2.38. The maximum Gasteiger partial charge on any atom is 0.259 e. The molecule has 0 saturated carbocycles. The summed E-state index contributed by atoms with van der Waals surface area (Å²) in [5, 5.41) is 17.7. The van der Waals surface area contributed by atoms with Crippen LogP contribution >= 0.6 is 11.3 Å². The van der Waals surface area contributed by atoms with Crippen LogP contribution in [0.1, 0.15) is 18.4 Å². The summed E-state index contributed by atoms with van der Waals surface area (Å²) in [6, 6.07) is 20.6.